The Balaban J connectivity index is 1.76. The fourth-order valence-electron chi connectivity index (χ4n) is 3.75. The first-order valence-electron chi connectivity index (χ1n) is 10.5. The van der Waals surface area contributed by atoms with E-state index in [0.717, 1.165) is 33.9 Å². The molecule has 33 heavy (non-hydrogen) atoms. The van der Waals surface area contributed by atoms with Crippen LogP contribution in [0.2, 0.25) is 0 Å². The summed E-state index contributed by atoms with van der Waals surface area (Å²) in [6, 6.07) is 15.1. The van der Waals surface area contributed by atoms with E-state index in [1.165, 1.54) is 0 Å². The second-order valence-electron chi connectivity index (χ2n) is 7.45. The Morgan fingerprint density at radius 2 is 1.64 bits per heavy atom. The lowest BCUT2D eigenvalue weighted by Crippen LogP contribution is -2.47. The Kier molecular flexibility index (Phi) is 6.90. The van der Waals surface area contributed by atoms with Gasteiger partial charge in [-0.3, -0.25) is 0 Å². The van der Waals surface area contributed by atoms with Crippen molar-refractivity contribution in [3.8, 4) is 22.9 Å². The van der Waals surface area contributed by atoms with E-state index < -0.39 is 0 Å². The van der Waals surface area contributed by atoms with Gasteiger partial charge in [0.05, 0.1) is 32.4 Å². The molecule has 1 aliphatic rings. The average molecular weight is 467 g/mol. The molecule has 1 aliphatic heterocycles. The van der Waals surface area contributed by atoms with Crippen molar-refractivity contribution >= 4 is 22.9 Å². The van der Waals surface area contributed by atoms with E-state index in [2.05, 4.69) is 10.5 Å². The molecule has 1 N–H and O–H groups in total. The van der Waals surface area contributed by atoms with Gasteiger partial charge in [-0.2, -0.15) is 4.98 Å². The first-order valence-corrected chi connectivity index (χ1v) is 10.9. The Morgan fingerprint density at radius 1 is 1.00 bits per heavy atom. The smallest absolute Gasteiger partial charge is 0.258 e. The number of nitrogens with zero attached hydrogens (tertiary/aromatic N) is 3. The summed E-state index contributed by atoms with van der Waals surface area (Å²) >= 11 is 5.67. The summed E-state index contributed by atoms with van der Waals surface area (Å²) in [4.78, 5) is 6.71. The molecule has 2 aromatic carbocycles. The number of allylic oxidation sites excluding steroid dienone is 1. The van der Waals surface area contributed by atoms with Crippen molar-refractivity contribution in [3.05, 3.63) is 65.7 Å². The molecule has 9 heteroatoms. The van der Waals surface area contributed by atoms with Crippen LogP contribution in [0.1, 0.15) is 24.4 Å². The molecule has 0 spiro atoms. The van der Waals surface area contributed by atoms with Gasteiger partial charge in [-0.25, -0.2) is 0 Å². The first kappa shape index (κ1) is 22.8. The van der Waals surface area contributed by atoms with Crippen LogP contribution in [0, 0.1) is 0 Å². The van der Waals surface area contributed by atoms with Crippen molar-refractivity contribution in [3.63, 3.8) is 0 Å². The van der Waals surface area contributed by atoms with Gasteiger partial charge in [0.1, 0.15) is 11.5 Å². The molecule has 2 heterocycles. The Labute approximate surface area is 198 Å². The lowest BCUT2D eigenvalue weighted by Gasteiger charge is -2.37. The van der Waals surface area contributed by atoms with Crippen LogP contribution in [-0.2, 0) is 4.74 Å². The van der Waals surface area contributed by atoms with Crippen molar-refractivity contribution in [2.24, 2.45) is 0 Å². The van der Waals surface area contributed by atoms with Crippen molar-refractivity contribution in [1.29, 1.82) is 0 Å². The average Bonchev–Trinajstić information content (AvgIpc) is 3.33. The van der Waals surface area contributed by atoms with E-state index in [1.54, 1.807) is 21.3 Å². The van der Waals surface area contributed by atoms with Crippen molar-refractivity contribution < 1.29 is 18.7 Å². The van der Waals surface area contributed by atoms with Crippen LogP contribution in [0.15, 0.2) is 58.8 Å². The highest BCUT2D eigenvalue weighted by atomic mass is 32.1. The molecule has 1 unspecified atom stereocenters. The van der Waals surface area contributed by atoms with Gasteiger partial charge in [0.2, 0.25) is 5.82 Å². The summed E-state index contributed by atoms with van der Waals surface area (Å²) in [5, 5.41) is 8.27. The van der Waals surface area contributed by atoms with Crippen LogP contribution in [-0.4, -0.2) is 54.6 Å². The zero-order valence-electron chi connectivity index (χ0n) is 19.0. The van der Waals surface area contributed by atoms with Gasteiger partial charge in [-0.05, 0) is 61.1 Å². The maximum Gasteiger partial charge on any atom is 0.258 e. The normalized spacial score (nSPS) is 16.1. The van der Waals surface area contributed by atoms with Gasteiger partial charge >= 0.3 is 0 Å². The highest BCUT2D eigenvalue weighted by Gasteiger charge is 2.34. The third-order valence-corrected chi connectivity index (χ3v) is 5.91. The molecule has 172 valence electrons. The summed E-state index contributed by atoms with van der Waals surface area (Å²) < 4.78 is 21.6. The van der Waals surface area contributed by atoms with Gasteiger partial charge in [-0.15, -0.1) is 0 Å². The molecule has 0 fully saturated rings. The van der Waals surface area contributed by atoms with Crippen LogP contribution >= 0.6 is 12.2 Å². The second-order valence-corrected chi connectivity index (χ2v) is 7.84. The molecule has 1 atom stereocenters. The lowest BCUT2D eigenvalue weighted by atomic mass is 9.94. The maximum absolute atomic E-state index is 5.75. The zero-order valence-corrected chi connectivity index (χ0v) is 19.8. The number of rotatable bonds is 8. The van der Waals surface area contributed by atoms with Crippen LogP contribution < -0.4 is 14.8 Å². The minimum absolute atomic E-state index is 0.258. The van der Waals surface area contributed by atoms with Crippen LogP contribution in [0.5, 0.6) is 11.5 Å². The van der Waals surface area contributed by atoms with Crippen molar-refractivity contribution in [1.82, 2.24) is 20.4 Å². The van der Waals surface area contributed by atoms with Crippen LogP contribution in [0.25, 0.3) is 17.0 Å². The predicted octanol–water partition coefficient (Wildman–Crippen LogP) is 4.06. The van der Waals surface area contributed by atoms with Crippen LogP contribution in [0.4, 0.5) is 0 Å². The largest absolute Gasteiger partial charge is 0.497 e. The molecule has 1 aromatic heterocycles. The highest BCUT2D eigenvalue weighted by molar-refractivity contribution is 7.80. The van der Waals surface area contributed by atoms with Gasteiger partial charge < -0.3 is 29.0 Å². The van der Waals surface area contributed by atoms with E-state index in [0.29, 0.717) is 30.0 Å². The maximum atomic E-state index is 5.75. The molecule has 0 aliphatic carbocycles. The fourth-order valence-corrected chi connectivity index (χ4v) is 4.09. The second kappa shape index (κ2) is 10.0. The van der Waals surface area contributed by atoms with Crippen LogP contribution in [0.3, 0.4) is 0 Å². The summed E-state index contributed by atoms with van der Waals surface area (Å²) in [6.45, 7) is 3.14. The van der Waals surface area contributed by atoms with Crippen molar-refractivity contribution in [2.75, 3.05) is 34.5 Å². The summed E-state index contributed by atoms with van der Waals surface area (Å²) in [5.74, 6) is 2.47. The monoisotopic (exact) mass is 466 g/mol. The van der Waals surface area contributed by atoms with E-state index in [-0.39, 0.29) is 6.04 Å². The molecule has 4 rings (SSSR count). The summed E-state index contributed by atoms with van der Waals surface area (Å²) in [6.07, 6.45) is 0. The van der Waals surface area contributed by atoms with E-state index >= 15 is 0 Å². The summed E-state index contributed by atoms with van der Waals surface area (Å²) in [5.41, 5.74) is 3.63. The Morgan fingerprint density at radius 3 is 2.24 bits per heavy atom. The molecule has 0 radical (unpaired) electrons. The number of thiocarbonyl (C=S) groups is 1. The molecule has 0 saturated heterocycles. The molecule has 0 saturated carbocycles. The van der Waals surface area contributed by atoms with Gasteiger partial charge in [0.25, 0.3) is 5.89 Å². The first-order chi connectivity index (χ1) is 16.0. The molecule has 0 amide bonds. The van der Waals surface area contributed by atoms with Gasteiger partial charge in [-0.1, -0.05) is 17.3 Å². The molecule has 8 nitrogen and oxygen atoms in total. The Hall–Kier alpha value is -3.43. The number of benzene rings is 2. The minimum Gasteiger partial charge on any atom is -0.497 e. The SMILES string of the molecule is COCCN1C(=S)NC(c2ccc(OC)cc2)C(c2nc(-c3ccc(OC)cc3)no2)=C1C. The third-order valence-electron chi connectivity index (χ3n) is 5.57. The number of nitrogens with one attached hydrogen (secondary N) is 1. The molecule has 3 aromatic rings. The lowest BCUT2D eigenvalue weighted by molar-refractivity contribution is 0.183. The number of methoxy groups -OCH3 is 3. The standard InChI is InChI=1S/C24H26N4O4S/c1-15-20(23-26-22(27-32-23)17-7-11-19(31-4)12-8-17)21(16-5-9-18(30-3)10-6-16)25-24(33)28(15)13-14-29-2/h5-12,21H,13-14H2,1-4H3,(H,25,33). The minimum atomic E-state index is -0.258. The number of hydrogen-bond donors (Lipinski definition) is 1. The number of aromatic nitrogens is 2. The zero-order chi connectivity index (χ0) is 23.4. The molecule has 0 bridgehead atoms. The fraction of sp³-hybridized carbons (Fsp3) is 0.292. The Bertz CT molecular complexity index is 1140. The van der Waals surface area contributed by atoms with E-state index in [9.17, 15) is 0 Å². The van der Waals surface area contributed by atoms with Crippen molar-refractivity contribution in [2.45, 2.75) is 13.0 Å². The topological polar surface area (TPSA) is 81.9 Å². The van der Waals surface area contributed by atoms with E-state index in [1.807, 2.05) is 60.4 Å². The number of ether oxygens (including phenoxy) is 3. The van der Waals surface area contributed by atoms with Gasteiger partial charge in [0, 0.05) is 24.9 Å². The predicted molar refractivity (Wildman–Crippen MR) is 129 cm³/mol. The molecular formula is C24H26N4O4S. The third kappa shape index (κ3) is 4.69. The quantitative estimate of drug-likeness (QED) is 0.494. The molecular weight excluding hydrogens is 440 g/mol. The highest BCUT2D eigenvalue weighted by Crippen LogP contribution is 2.37. The number of hydrogen-bond acceptors (Lipinski definition) is 7. The summed E-state index contributed by atoms with van der Waals surface area (Å²) in [7, 11) is 4.94. The van der Waals surface area contributed by atoms with Gasteiger partial charge in [0.15, 0.2) is 5.11 Å². The van der Waals surface area contributed by atoms with E-state index in [4.69, 9.17) is 35.9 Å².